The Morgan fingerprint density at radius 3 is 2.79 bits per heavy atom. The third-order valence-corrected chi connectivity index (χ3v) is 2.34. The van der Waals surface area contributed by atoms with E-state index in [9.17, 15) is 4.39 Å². The van der Waals surface area contributed by atoms with Crippen molar-refractivity contribution in [1.82, 2.24) is 9.97 Å². The molecule has 96 valence electrons. The Balaban J connectivity index is 2.11. The molecule has 0 spiro atoms. The summed E-state index contributed by atoms with van der Waals surface area (Å²) in [5.41, 5.74) is 0.644. The molecule has 2 rings (SSSR count). The lowest BCUT2D eigenvalue weighted by atomic mass is 10.2. The standard InChI is InChI=1S/C14H10ClFN2O/c15-6-1-3-11-4-5-12(16)13(9-11)19-10-14-17-7-2-8-18-14/h2,4-5,7-9H,6,10H2. The van der Waals surface area contributed by atoms with Crippen molar-refractivity contribution >= 4 is 11.6 Å². The van der Waals surface area contributed by atoms with Crippen molar-refractivity contribution in [2.45, 2.75) is 6.61 Å². The molecule has 0 fully saturated rings. The molecular formula is C14H10ClFN2O. The zero-order valence-electron chi connectivity index (χ0n) is 9.94. The van der Waals surface area contributed by atoms with E-state index in [-0.39, 0.29) is 18.2 Å². The van der Waals surface area contributed by atoms with Crippen LogP contribution in [0.25, 0.3) is 0 Å². The van der Waals surface area contributed by atoms with Gasteiger partial charge in [-0.1, -0.05) is 11.8 Å². The van der Waals surface area contributed by atoms with Crippen LogP contribution >= 0.6 is 11.6 Å². The van der Waals surface area contributed by atoms with Crippen LogP contribution < -0.4 is 4.74 Å². The maximum Gasteiger partial charge on any atom is 0.166 e. The number of hydrogen-bond acceptors (Lipinski definition) is 3. The summed E-state index contributed by atoms with van der Waals surface area (Å²) < 4.78 is 18.9. The monoisotopic (exact) mass is 276 g/mol. The minimum absolute atomic E-state index is 0.101. The van der Waals surface area contributed by atoms with Gasteiger partial charge < -0.3 is 4.74 Å². The number of benzene rings is 1. The highest BCUT2D eigenvalue weighted by Crippen LogP contribution is 2.19. The Hall–Kier alpha value is -2.12. The Labute approximate surface area is 115 Å². The lowest BCUT2D eigenvalue weighted by Crippen LogP contribution is -2.01. The van der Waals surface area contributed by atoms with E-state index in [1.165, 1.54) is 12.1 Å². The number of ether oxygens (including phenoxy) is 1. The van der Waals surface area contributed by atoms with Gasteiger partial charge in [-0.15, -0.1) is 11.6 Å². The molecule has 0 bridgehead atoms. The first-order valence-electron chi connectivity index (χ1n) is 5.52. The smallest absolute Gasteiger partial charge is 0.166 e. The van der Waals surface area contributed by atoms with Crippen LogP contribution in [0.3, 0.4) is 0 Å². The second-order valence-corrected chi connectivity index (χ2v) is 3.80. The van der Waals surface area contributed by atoms with Crippen molar-refractivity contribution in [3.05, 3.63) is 53.9 Å². The van der Waals surface area contributed by atoms with Gasteiger partial charge >= 0.3 is 0 Å². The zero-order chi connectivity index (χ0) is 13.5. The first-order valence-corrected chi connectivity index (χ1v) is 6.06. The summed E-state index contributed by atoms with van der Waals surface area (Å²) in [5, 5.41) is 0. The van der Waals surface area contributed by atoms with E-state index in [2.05, 4.69) is 21.8 Å². The molecule has 0 aliphatic rings. The summed E-state index contributed by atoms with van der Waals surface area (Å²) >= 11 is 5.47. The van der Waals surface area contributed by atoms with Crippen LogP contribution in [0.15, 0.2) is 36.7 Å². The van der Waals surface area contributed by atoms with Gasteiger partial charge in [0.2, 0.25) is 0 Å². The minimum atomic E-state index is -0.452. The van der Waals surface area contributed by atoms with E-state index in [0.717, 1.165) is 0 Å². The van der Waals surface area contributed by atoms with Gasteiger partial charge in [0.25, 0.3) is 0 Å². The summed E-state index contributed by atoms with van der Waals surface area (Å²) in [5.74, 6) is 5.88. The predicted molar refractivity (Wildman–Crippen MR) is 70.4 cm³/mol. The highest BCUT2D eigenvalue weighted by atomic mass is 35.5. The van der Waals surface area contributed by atoms with Crippen LogP contribution in [0, 0.1) is 17.7 Å². The van der Waals surface area contributed by atoms with Gasteiger partial charge in [-0.25, -0.2) is 14.4 Å². The number of hydrogen-bond donors (Lipinski definition) is 0. The molecule has 1 heterocycles. The summed E-state index contributed by atoms with van der Waals surface area (Å²) in [6.45, 7) is 0.101. The van der Waals surface area contributed by atoms with E-state index in [1.807, 2.05) is 0 Å². The van der Waals surface area contributed by atoms with E-state index in [0.29, 0.717) is 11.4 Å². The first kappa shape index (κ1) is 13.3. The van der Waals surface area contributed by atoms with Gasteiger partial charge in [-0.2, -0.15) is 0 Å². The van der Waals surface area contributed by atoms with Crippen molar-refractivity contribution in [2.24, 2.45) is 0 Å². The van der Waals surface area contributed by atoms with Crippen LogP contribution in [-0.4, -0.2) is 15.8 Å². The van der Waals surface area contributed by atoms with Crippen molar-refractivity contribution in [3.8, 4) is 17.6 Å². The van der Waals surface area contributed by atoms with Crippen LogP contribution in [0.4, 0.5) is 4.39 Å². The second-order valence-electron chi connectivity index (χ2n) is 3.53. The molecule has 3 nitrogen and oxygen atoms in total. The third-order valence-electron chi connectivity index (χ3n) is 2.21. The quantitative estimate of drug-likeness (QED) is 0.639. The molecule has 1 aromatic heterocycles. The fourth-order valence-electron chi connectivity index (χ4n) is 1.37. The fraction of sp³-hybridized carbons (Fsp3) is 0.143. The molecule has 0 aliphatic carbocycles. The fourth-order valence-corrected chi connectivity index (χ4v) is 1.44. The molecule has 19 heavy (non-hydrogen) atoms. The first-order chi connectivity index (χ1) is 9.29. The second kappa shape index (κ2) is 6.72. The van der Waals surface area contributed by atoms with Crippen molar-refractivity contribution in [3.63, 3.8) is 0 Å². The number of rotatable bonds is 3. The highest BCUT2D eigenvalue weighted by Gasteiger charge is 2.05. The van der Waals surface area contributed by atoms with Crippen molar-refractivity contribution < 1.29 is 9.13 Å². The number of halogens is 2. The van der Waals surface area contributed by atoms with Gasteiger partial charge in [-0.05, 0) is 24.3 Å². The molecule has 0 aliphatic heterocycles. The molecule has 0 amide bonds. The molecule has 1 aromatic carbocycles. The summed E-state index contributed by atoms with van der Waals surface area (Å²) in [6, 6.07) is 6.10. The van der Waals surface area contributed by atoms with E-state index in [1.54, 1.807) is 24.5 Å². The molecule has 5 heteroatoms. The van der Waals surface area contributed by atoms with E-state index < -0.39 is 5.82 Å². The third kappa shape index (κ3) is 3.94. The van der Waals surface area contributed by atoms with Crippen LogP contribution in [0.1, 0.15) is 11.4 Å². The van der Waals surface area contributed by atoms with Crippen LogP contribution in [-0.2, 0) is 6.61 Å². The number of aromatic nitrogens is 2. The van der Waals surface area contributed by atoms with Crippen LogP contribution in [0.5, 0.6) is 5.75 Å². The van der Waals surface area contributed by atoms with Gasteiger partial charge in [-0.3, -0.25) is 0 Å². The average Bonchev–Trinajstić information content (AvgIpc) is 2.46. The highest BCUT2D eigenvalue weighted by molar-refractivity contribution is 6.19. The largest absolute Gasteiger partial charge is 0.482 e. The lowest BCUT2D eigenvalue weighted by molar-refractivity contribution is 0.281. The van der Waals surface area contributed by atoms with Gasteiger partial charge in [0, 0.05) is 18.0 Å². The van der Waals surface area contributed by atoms with Crippen LogP contribution in [0.2, 0.25) is 0 Å². The topological polar surface area (TPSA) is 35.0 Å². The SMILES string of the molecule is Fc1ccc(C#CCCl)cc1OCc1ncccn1. The Bertz CT molecular complexity index is 608. The Kier molecular flexibility index (Phi) is 4.71. The maximum absolute atomic E-state index is 13.6. The average molecular weight is 277 g/mol. The molecule has 2 aromatic rings. The molecule has 0 saturated heterocycles. The maximum atomic E-state index is 13.6. The van der Waals surface area contributed by atoms with E-state index >= 15 is 0 Å². The summed E-state index contributed by atoms with van der Waals surface area (Å²) in [7, 11) is 0. The summed E-state index contributed by atoms with van der Waals surface area (Å²) in [6.07, 6.45) is 3.20. The molecule has 0 unspecified atom stereocenters. The molecule has 0 N–H and O–H groups in total. The molecule has 0 saturated carbocycles. The Morgan fingerprint density at radius 1 is 1.26 bits per heavy atom. The Morgan fingerprint density at radius 2 is 2.05 bits per heavy atom. The van der Waals surface area contributed by atoms with Crippen molar-refractivity contribution in [2.75, 3.05) is 5.88 Å². The number of alkyl halides is 1. The van der Waals surface area contributed by atoms with Crippen molar-refractivity contribution in [1.29, 1.82) is 0 Å². The van der Waals surface area contributed by atoms with Gasteiger partial charge in [0.15, 0.2) is 17.4 Å². The zero-order valence-corrected chi connectivity index (χ0v) is 10.7. The van der Waals surface area contributed by atoms with Gasteiger partial charge in [0.05, 0.1) is 5.88 Å². The molecule has 0 atom stereocenters. The minimum Gasteiger partial charge on any atom is -0.482 e. The molecule has 0 radical (unpaired) electrons. The lowest BCUT2D eigenvalue weighted by Gasteiger charge is -2.06. The van der Waals surface area contributed by atoms with E-state index in [4.69, 9.17) is 16.3 Å². The summed E-state index contributed by atoms with van der Waals surface area (Å²) in [4.78, 5) is 7.98. The normalized spacial score (nSPS) is 9.58. The molecular weight excluding hydrogens is 267 g/mol. The number of nitrogens with zero attached hydrogens (tertiary/aromatic N) is 2. The predicted octanol–water partition coefficient (Wildman–Crippen LogP) is 2.79. The van der Waals surface area contributed by atoms with Gasteiger partial charge in [0.1, 0.15) is 6.61 Å².